The van der Waals surface area contributed by atoms with Gasteiger partial charge >= 0.3 is 5.97 Å². The molecule has 5 nitrogen and oxygen atoms in total. The summed E-state index contributed by atoms with van der Waals surface area (Å²) in [4.78, 5) is 15.6. The average Bonchev–Trinajstić information content (AvgIpc) is 2.37. The lowest BCUT2D eigenvalue weighted by Crippen LogP contribution is -2.13. The lowest BCUT2D eigenvalue weighted by molar-refractivity contribution is 0.0698. The first-order chi connectivity index (χ1) is 9.08. The quantitative estimate of drug-likeness (QED) is 0.767. The van der Waals surface area contributed by atoms with Crippen molar-refractivity contribution in [3.63, 3.8) is 0 Å². The van der Waals surface area contributed by atoms with Crippen molar-refractivity contribution in [2.24, 2.45) is 0 Å². The van der Waals surface area contributed by atoms with Gasteiger partial charge in [-0.1, -0.05) is 18.2 Å². The van der Waals surface area contributed by atoms with E-state index >= 15 is 0 Å². The summed E-state index contributed by atoms with van der Waals surface area (Å²) in [5.41, 5.74) is 0.885. The van der Waals surface area contributed by atoms with Crippen LogP contribution in [0, 0.1) is 0 Å². The normalized spacial score (nSPS) is 12.3. The van der Waals surface area contributed by atoms with Gasteiger partial charge in [-0.25, -0.2) is 9.78 Å². The summed E-state index contributed by atoms with van der Waals surface area (Å²) in [5.74, 6) is -0.676. The van der Waals surface area contributed by atoms with Crippen LogP contribution >= 0.6 is 0 Å². The zero-order chi connectivity index (χ0) is 13.8. The van der Waals surface area contributed by atoms with E-state index in [4.69, 9.17) is 0 Å². The SMILES string of the molecule is CC(O)CCNc1nc2ccccc2cc1C(=O)O. The van der Waals surface area contributed by atoms with Crippen molar-refractivity contribution in [2.75, 3.05) is 11.9 Å². The number of fused-ring (bicyclic) bond motifs is 1. The Kier molecular flexibility index (Phi) is 3.97. The second kappa shape index (κ2) is 5.67. The molecule has 2 aromatic rings. The second-order valence-corrected chi connectivity index (χ2v) is 4.45. The molecule has 1 unspecified atom stereocenters. The van der Waals surface area contributed by atoms with Crippen molar-refractivity contribution in [1.82, 2.24) is 4.98 Å². The van der Waals surface area contributed by atoms with Gasteiger partial charge in [-0.15, -0.1) is 0 Å². The topological polar surface area (TPSA) is 82.5 Å². The molecule has 0 radical (unpaired) electrons. The highest BCUT2D eigenvalue weighted by molar-refractivity contribution is 5.98. The third-order valence-electron chi connectivity index (χ3n) is 2.81. The minimum absolute atomic E-state index is 0.143. The number of nitrogens with zero attached hydrogens (tertiary/aromatic N) is 1. The Labute approximate surface area is 110 Å². The van der Waals surface area contributed by atoms with Crippen LogP contribution in [0.4, 0.5) is 5.82 Å². The Morgan fingerprint density at radius 3 is 2.84 bits per heavy atom. The van der Waals surface area contributed by atoms with Gasteiger partial charge in [-0.05, 0) is 25.5 Å². The van der Waals surface area contributed by atoms with Crippen LogP contribution in [-0.4, -0.2) is 33.8 Å². The standard InChI is InChI=1S/C14H16N2O3/c1-9(17)6-7-15-13-11(14(18)19)8-10-4-2-3-5-12(10)16-13/h2-5,8-9,17H,6-7H2,1H3,(H,15,16)(H,18,19). The molecule has 1 aromatic heterocycles. The number of aliphatic hydroxyl groups is 1. The van der Waals surface area contributed by atoms with Crippen LogP contribution in [0.2, 0.25) is 0 Å². The van der Waals surface area contributed by atoms with E-state index in [0.29, 0.717) is 18.8 Å². The number of pyridine rings is 1. The molecule has 1 atom stereocenters. The molecule has 0 saturated heterocycles. The average molecular weight is 260 g/mol. The minimum atomic E-state index is -1.02. The van der Waals surface area contributed by atoms with Crippen molar-refractivity contribution >= 4 is 22.7 Å². The highest BCUT2D eigenvalue weighted by atomic mass is 16.4. The van der Waals surface area contributed by atoms with Crippen molar-refractivity contribution in [2.45, 2.75) is 19.4 Å². The van der Waals surface area contributed by atoms with Gasteiger partial charge in [0.1, 0.15) is 11.4 Å². The van der Waals surface area contributed by atoms with E-state index in [1.165, 1.54) is 0 Å². The molecule has 19 heavy (non-hydrogen) atoms. The summed E-state index contributed by atoms with van der Waals surface area (Å²) in [7, 11) is 0. The summed E-state index contributed by atoms with van der Waals surface area (Å²) in [5, 5.41) is 22.2. The molecule has 0 amide bonds. The van der Waals surface area contributed by atoms with Gasteiger partial charge in [0, 0.05) is 11.9 Å². The summed E-state index contributed by atoms with van der Waals surface area (Å²) in [6.07, 6.45) is 0.106. The monoisotopic (exact) mass is 260 g/mol. The number of anilines is 1. The van der Waals surface area contributed by atoms with Crippen LogP contribution in [0.5, 0.6) is 0 Å². The van der Waals surface area contributed by atoms with Crippen LogP contribution in [0.3, 0.4) is 0 Å². The number of aliphatic hydroxyl groups excluding tert-OH is 1. The number of aromatic carboxylic acids is 1. The smallest absolute Gasteiger partial charge is 0.339 e. The molecule has 0 aliphatic heterocycles. The molecular formula is C14H16N2O3. The van der Waals surface area contributed by atoms with Crippen LogP contribution in [0.15, 0.2) is 30.3 Å². The van der Waals surface area contributed by atoms with E-state index in [0.717, 1.165) is 10.9 Å². The highest BCUT2D eigenvalue weighted by Gasteiger charge is 2.13. The van der Waals surface area contributed by atoms with E-state index < -0.39 is 12.1 Å². The van der Waals surface area contributed by atoms with Gasteiger partial charge in [0.2, 0.25) is 0 Å². The summed E-state index contributed by atoms with van der Waals surface area (Å²) < 4.78 is 0. The van der Waals surface area contributed by atoms with Gasteiger partial charge in [0.05, 0.1) is 11.6 Å². The van der Waals surface area contributed by atoms with Crippen LogP contribution in [-0.2, 0) is 0 Å². The summed E-state index contributed by atoms with van der Waals surface area (Å²) in [6.45, 7) is 2.16. The number of benzene rings is 1. The van der Waals surface area contributed by atoms with Gasteiger partial charge in [0.25, 0.3) is 0 Å². The fourth-order valence-electron chi connectivity index (χ4n) is 1.81. The van der Waals surface area contributed by atoms with Gasteiger partial charge in [-0.3, -0.25) is 0 Å². The second-order valence-electron chi connectivity index (χ2n) is 4.45. The molecule has 1 heterocycles. The maximum atomic E-state index is 11.2. The number of nitrogens with one attached hydrogen (secondary N) is 1. The van der Waals surface area contributed by atoms with E-state index in [1.807, 2.05) is 24.3 Å². The fraction of sp³-hybridized carbons (Fsp3) is 0.286. The van der Waals surface area contributed by atoms with Crippen molar-refractivity contribution < 1.29 is 15.0 Å². The van der Waals surface area contributed by atoms with Gasteiger partial charge in [0.15, 0.2) is 0 Å². The Morgan fingerprint density at radius 1 is 1.42 bits per heavy atom. The third-order valence-corrected chi connectivity index (χ3v) is 2.81. The molecular weight excluding hydrogens is 244 g/mol. The Hall–Kier alpha value is -2.14. The molecule has 0 bridgehead atoms. The minimum Gasteiger partial charge on any atom is -0.478 e. The zero-order valence-electron chi connectivity index (χ0n) is 10.6. The predicted octanol–water partition coefficient (Wildman–Crippen LogP) is 2.12. The fourth-order valence-corrected chi connectivity index (χ4v) is 1.81. The Bertz CT molecular complexity index is 596. The predicted molar refractivity (Wildman–Crippen MR) is 73.5 cm³/mol. The van der Waals surface area contributed by atoms with Crippen molar-refractivity contribution in [3.05, 3.63) is 35.9 Å². The maximum Gasteiger partial charge on any atom is 0.339 e. The number of carboxylic acid groups (broad SMARTS) is 1. The van der Waals surface area contributed by atoms with Gasteiger partial charge in [-0.2, -0.15) is 0 Å². The molecule has 100 valence electrons. The number of carboxylic acids is 1. The molecule has 2 rings (SSSR count). The number of aromatic nitrogens is 1. The highest BCUT2D eigenvalue weighted by Crippen LogP contribution is 2.20. The van der Waals surface area contributed by atoms with E-state index in [9.17, 15) is 15.0 Å². The number of hydrogen-bond donors (Lipinski definition) is 3. The number of para-hydroxylation sites is 1. The first-order valence-electron chi connectivity index (χ1n) is 6.13. The summed E-state index contributed by atoms with van der Waals surface area (Å²) >= 11 is 0. The molecule has 5 heteroatoms. The Balaban J connectivity index is 2.33. The van der Waals surface area contributed by atoms with E-state index in [1.54, 1.807) is 13.0 Å². The molecule has 3 N–H and O–H groups in total. The van der Waals surface area contributed by atoms with E-state index in [2.05, 4.69) is 10.3 Å². The molecule has 0 fully saturated rings. The number of carbonyl (C=O) groups is 1. The first kappa shape index (κ1) is 13.3. The molecule has 1 aromatic carbocycles. The molecule has 0 spiro atoms. The van der Waals surface area contributed by atoms with Crippen LogP contribution in [0.1, 0.15) is 23.7 Å². The molecule has 0 saturated carbocycles. The largest absolute Gasteiger partial charge is 0.478 e. The molecule has 0 aliphatic carbocycles. The van der Waals surface area contributed by atoms with Crippen molar-refractivity contribution in [1.29, 1.82) is 0 Å². The van der Waals surface area contributed by atoms with E-state index in [-0.39, 0.29) is 5.56 Å². The first-order valence-corrected chi connectivity index (χ1v) is 6.13. The lowest BCUT2D eigenvalue weighted by Gasteiger charge is -2.11. The van der Waals surface area contributed by atoms with Crippen LogP contribution in [0.25, 0.3) is 10.9 Å². The van der Waals surface area contributed by atoms with Gasteiger partial charge < -0.3 is 15.5 Å². The molecule has 0 aliphatic rings. The third kappa shape index (κ3) is 3.20. The lowest BCUT2D eigenvalue weighted by atomic mass is 10.1. The Morgan fingerprint density at radius 2 is 2.16 bits per heavy atom. The maximum absolute atomic E-state index is 11.2. The number of rotatable bonds is 5. The summed E-state index contributed by atoms with van der Waals surface area (Å²) in [6, 6.07) is 8.97. The number of hydrogen-bond acceptors (Lipinski definition) is 4. The van der Waals surface area contributed by atoms with Crippen molar-refractivity contribution in [3.8, 4) is 0 Å². The van der Waals surface area contributed by atoms with Crippen LogP contribution < -0.4 is 5.32 Å². The zero-order valence-corrected chi connectivity index (χ0v) is 10.6.